The van der Waals surface area contributed by atoms with Crippen LogP contribution in [-0.2, 0) is 11.3 Å². The second-order valence-electron chi connectivity index (χ2n) is 6.41. The van der Waals surface area contributed by atoms with Gasteiger partial charge in [-0.05, 0) is 61.5 Å². The van der Waals surface area contributed by atoms with Crippen molar-refractivity contribution in [1.29, 1.82) is 0 Å². The minimum Gasteiger partial charge on any atom is -0.385 e. The number of rotatable bonds is 6. The molecule has 0 atom stereocenters. The Hall–Kier alpha value is -2.48. The zero-order valence-corrected chi connectivity index (χ0v) is 17.1. The van der Waals surface area contributed by atoms with E-state index >= 15 is 0 Å². The molecule has 8 heteroatoms. The molecule has 1 heterocycles. The van der Waals surface area contributed by atoms with E-state index in [4.69, 9.17) is 28.6 Å². The van der Waals surface area contributed by atoms with E-state index in [-0.39, 0.29) is 11.5 Å². The van der Waals surface area contributed by atoms with Crippen LogP contribution < -0.4 is 10.9 Å². The molecule has 28 heavy (non-hydrogen) atoms. The Balaban J connectivity index is 1.90. The first-order chi connectivity index (χ1) is 13.4. The van der Waals surface area contributed by atoms with Crippen molar-refractivity contribution in [3.8, 4) is 0 Å². The lowest BCUT2D eigenvalue weighted by atomic mass is 10.1. The highest BCUT2D eigenvalue weighted by molar-refractivity contribution is 7.71. The van der Waals surface area contributed by atoms with Gasteiger partial charge in [-0.1, -0.05) is 17.7 Å². The second kappa shape index (κ2) is 8.68. The highest BCUT2D eigenvalue weighted by atomic mass is 35.5. The third-order valence-electron chi connectivity index (χ3n) is 4.40. The Morgan fingerprint density at radius 2 is 2.07 bits per heavy atom. The molecule has 0 bridgehead atoms. The fourth-order valence-electron chi connectivity index (χ4n) is 2.84. The van der Waals surface area contributed by atoms with Crippen LogP contribution in [0.2, 0.25) is 5.02 Å². The average molecular weight is 418 g/mol. The fraction of sp³-hybridized carbons (Fsp3) is 0.250. The summed E-state index contributed by atoms with van der Waals surface area (Å²) in [5, 5.41) is 3.86. The molecule has 6 nitrogen and oxygen atoms in total. The molecule has 0 saturated heterocycles. The van der Waals surface area contributed by atoms with E-state index in [0.717, 1.165) is 5.56 Å². The lowest BCUT2D eigenvalue weighted by Gasteiger charge is -2.10. The molecule has 0 saturated carbocycles. The van der Waals surface area contributed by atoms with Gasteiger partial charge in [-0.25, -0.2) is 0 Å². The number of carbonyl (C=O) groups is 1. The number of aromatic amines is 1. The van der Waals surface area contributed by atoms with Crippen LogP contribution in [0, 0.1) is 11.7 Å². The first kappa shape index (κ1) is 20.3. The number of fused-ring (bicyclic) bond motifs is 1. The quantitative estimate of drug-likeness (QED) is 0.463. The molecule has 2 aromatic carbocycles. The molecule has 1 aromatic heterocycles. The molecule has 0 spiro atoms. The number of methoxy groups -OCH3 is 1. The number of nitrogens with zero attached hydrogens (tertiary/aromatic N) is 1. The summed E-state index contributed by atoms with van der Waals surface area (Å²) in [4.78, 5) is 28.3. The highest BCUT2D eigenvalue weighted by Crippen LogP contribution is 2.21. The lowest BCUT2D eigenvalue weighted by Crippen LogP contribution is -2.23. The molecule has 0 unspecified atom stereocenters. The van der Waals surface area contributed by atoms with E-state index in [1.54, 1.807) is 37.4 Å². The number of amides is 1. The smallest absolute Gasteiger partial charge is 0.262 e. The van der Waals surface area contributed by atoms with Crippen LogP contribution in [0.25, 0.3) is 10.9 Å². The summed E-state index contributed by atoms with van der Waals surface area (Å²) in [5.41, 5.74) is 2.27. The predicted molar refractivity (Wildman–Crippen MR) is 114 cm³/mol. The summed E-state index contributed by atoms with van der Waals surface area (Å²) in [7, 11) is 1.61. The number of hydrogen-bond donors (Lipinski definition) is 2. The topological polar surface area (TPSA) is 76.1 Å². The number of aryl methyl sites for hydroxylation is 1. The normalized spacial score (nSPS) is 11.0. The van der Waals surface area contributed by atoms with Gasteiger partial charge in [0.25, 0.3) is 11.5 Å². The van der Waals surface area contributed by atoms with E-state index in [0.29, 0.717) is 51.5 Å². The Labute approximate surface area is 172 Å². The van der Waals surface area contributed by atoms with Gasteiger partial charge in [0.15, 0.2) is 4.77 Å². The standard InChI is InChI=1S/C20H20ClN3O3S/c1-12-4-6-14(11-16(12)21)22-18(25)13-5-7-15-17(10-13)23-20(28)24(19(15)26)8-3-9-27-2/h4-7,10-11H,3,8-9H2,1-2H3,(H,22,25)(H,23,28). The Kier molecular flexibility index (Phi) is 6.28. The summed E-state index contributed by atoms with van der Waals surface area (Å²) in [5.74, 6) is -0.301. The number of hydrogen-bond acceptors (Lipinski definition) is 4. The molecule has 1 amide bonds. The van der Waals surface area contributed by atoms with Gasteiger partial charge in [0.05, 0.1) is 10.9 Å². The highest BCUT2D eigenvalue weighted by Gasteiger charge is 2.11. The van der Waals surface area contributed by atoms with Crippen molar-refractivity contribution in [1.82, 2.24) is 9.55 Å². The average Bonchev–Trinajstić information content (AvgIpc) is 2.67. The molecule has 146 valence electrons. The lowest BCUT2D eigenvalue weighted by molar-refractivity contribution is 0.102. The van der Waals surface area contributed by atoms with Gasteiger partial charge in [-0.15, -0.1) is 0 Å². The molecule has 0 fully saturated rings. The third-order valence-corrected chi connectivity index (χ3v) is 5.13. The molecule has 0 aliphatic rings. The Morgan fingerprint density at radius 1 is 1.29 bits per heavy atom. The van der Waals surface area contributed by atoms with Crippen molar-refractivity contribution < 1.29 is 9.53 Å². The monoisotopic (exact) mass is 417 g/mol. The maximum Gasteiger partial charge on any atom is 0.262 e. The number of ether oxygens (including phenoxy) is 1. The van der Waals surface area contributed by atoms with Crippen molar-refractivity contribution >= 4 is 46.3 Å². The molecule has 0 aliphatic heterocycles. The first-order valence-electron chi connectivity index (χ1n) is 8.74. The van der Waals surface area contributed by atoms with Crippen LogP contribution in [0.4, 0.5) is 5.69 Å². The maximum atomic E-state index is 12.7. The Bertz CT molecular complexity index is 1150. The van der Waals surface area contributed by atoms with Gasteiger partial charge >= 0.3 is 0 Å². The molecular formula is C20H20ClN3O3S. The maximum absolute atomic E-state index is 12.7. The molecule has 3 rings (SSSR count). The van der Waals surface area contributed by atoms with Gasteiger partial charge in [0.1, 0.15) is 0 Å². The number of H-pyrrole nitrogens is 1. The van der Waals surface area contributed by atoms with Gasteiger partial charge < -0.3 is 15.0 Å². The minimum atomic E-state index is -0.301. The second-order valence-corrected chi connectivity index (χ2v) is 7.21. The number of nitrogens with one attached hydrogen (secondary N) is 2. The van der Waals surface area contributed by atoms with E-state index in [1.165, 1.54) is 4.57 Å². The van der Waals surface area contributed by atoms with Crippen LogP contribution >= 0.6 is 23.8 Å². The van der Waals surface area contributed by atoms with E-state index in [1.807, 2.05) is 13.0 Å². The summed E-state index contributed by atoms with van der Waals surface area (Å²) in [6.07, 6.45) is 0.680. The van der Waals surface area contributed by atoms with Gasteiger partial charge in [-0.3, -0.25) is 14.2 Å². The number of halogens is 1. The summed E-state index contributed by atoms with van der Waals surface area (Å²) >= 11 is 11.4. The van der Waals surface area contributed by atoms with Crippen LogP contribution in [0.15, 0.2) is 41.2 Å². The van der Waals surface area contributed by atoms with Crippen molar-refractivity contribution in [2.45, 2.75) is 19.9 Å². The zero-order valence-electron chi connectivity index (χ0n) is 15.5. The first-order valence-corrected chi connectivity index (χ1v) is 9.52. The molecule has 0 radical (unpaired) electrons. The molecular weight excluding hydrogens is 398 g/mol. The molecule has 2 N–H and O–H groups in total. The van der Waals surface area contributed by atoms with Crippen molar-refractivity contribution in [3.05, 3.63) is 67.7 Å². The SMILES string of the molecule is COCCCn1c(=S)[nH]c2cc(C(=O)Nc3ccc(C)c(Cl)c3)ccc2c1=O. The van der Waals surface area contributed by atoms with Crippen molar-refractivity contribution in [2.75, 3.05) is 19.0 Å². The van der Waals surface area contributed by atoms with Crippen LogP contribution in [-0.4, -0.2) is 29.2 Å². The van der Waals surface area contributed by atoms with E-state index in [9.17, 15) is 9.59 Å². The van der Waals surface area contributed by atoms with Gasteiger partial charge in [-0.2, -0.15) is 0 Å². The van der Waals surface area contributed by atoms with E-state index < -0.39 is 0 Å². The largest absolute Gasteiger partial charge is 0.385 e. The predicted octanol–water partition coefficient (Wildman–Crippen LogP) is 4.31. The molecule has 3 aromatic rings. The summed E-state index contributed by atoms with van der Waals surface area (Å²) in [6.45, 7) is 2.90. The van der Waals surface area contributed by atoms with Crippen molar-refractivity contribution in [2.24, 2.45) is 0 Å². The number of carbonyl (C=O) groups excluding carboxylic acids is 1. The van der Waals surface area contributed by atoms with E-state index in [2.05, 4.69) is 10.3 Å². The fourth-order valence-corrected chi connectivity index (χ4v) is 3.30. The minimum absolute atomic E-state index is 0.188. The van der Waals surface area contributed by atoms with Gasteiger partial charge in [0, 0.05) is 36.5 Å². The zero-order chi connectivity index (χ0) is 20.3. The summed E-state index contributed by atoms with van der Waals surface area (Å²) in [6, 6.07) is 10.2. The van der Waals surface area contributed by atoms with Crippen molar-refractivity contribution in [3.63, 3.8) is 0 Å². The molecule has 0 aliphatic carbocycles. The van der Waals surface area contributed by atoms with Crippen LogP contribution in [0.3, 0.4) is 0 Å². The van der Waals surface area contributed by atoms with Gasteiger partial charge in [0.2, 0.25) is 0 Å². The number of aromatic nitrogens is 2. The summed E-state index contributed by atoms with van der Waals surface area (Å²) < 4.78 is 6.84. The third kappa shape index (κ3) is 4.32. The number of anilines is 1. The van der Waals surface area contributed by atoms with Crippen LogP contribution in [0.1, 0.15) is 22.3 Å². The number of benzene rings is 2. The Morgan fingerprint density at radius 3 is 2.79 bits per heavy atom. The van der Waals surface area contributed by atoms with Crippen LogP contribution in [0.5, 0.6) is 0 Å².